The van der Waals surface area contributed by atoms with E-state index in [0.717, 1.165) is 43.7 Å². The lowest BCUT2D eigenvalue weighted by Crippen LogP contribution is -2.35. The minimum atomic E-state index is -0.150. The summed E-state index contributed by atoms with van der Waals surface area (Å²) in [5, 5.41) is 3.27. The third kappa shape index (κ3) is 4.76. The largest absolute Gasteiger partial charge is 0.466 e. The van der Waals surface area contributed by atoms with E-state index in [1.807, 2.05) is 36.1 Å². The molecule has 1 N–H and O–H groups in total. The van der Waals surface area contributed by atoms with E-state index in [0.29, 0.717) is 19.4 Å². The summed E-state index contributed by atoms with van der Waals surface area (Å²) in [6.45, 7) is 3.78. The number of nitrogens with zero attached hydrogens (tertiary/aromatic N) is 1. The first-order chi connectivity index (χ1) is 10.7. The van der Waals surface area contributed by atoms with E-state index in [1.54, 1.807) is 0 Å². The van der Waals surface area contributed by atoms with Gasteiger partial charge in [-0.1, -0.05) is 0 Å². The predicted octanol–water partition coefficient (Wildman–Crippen LogP) is 2.96. The molecular weight excluding hydrogens is 280 g/mol. The van der Waals surface area contributed by atoms with E-state index in [1.165, 1.54) is 0 Å². The normalized spacial score (nSPS) is 14.8. The van der Waals surface area contributed by atoms with Crippen molar-refractivity contribution < 1.29 is 14.3 Å². The van der Waals surface area contributed by atoms with Crippen molar-refractivity contribution in [1.82, 2.24) is 0 Å². The van der Waals surface area contributed by atoms with Crippen LogP contribution in [0.25, 0.3) is 0 Å². The molecule has 5 heteroatoms. The molecule has 5 nitrogen and oxygen atoms in total. The van der Waals surface area contributed by atoms with Crippen LogP contribution in [-0.4, -0.2) is 31.6 Å². The molecule has 0 spiro atoms. The minimum absolute atomic E-state index is 0.150. The molecule has 0 atom stereocenters. The average molecular weight is 304 g/mol. The Balaban J connectivity index is 1.77. The van der Waals surface area contributed by atoms with Gasteiger partial charge < -0.3 is 15.0 Å². The maximum Gasteiger partial charge on any atom is 0.305 e. The Bertz CT molecular complexity index is 499. The molecule has 22 heavy (non-hydrogen) atoms. The molecule has 0 saturated carbocycles. The molecule has 0 aliphatic carbocycles. The van der Waals surface area contributed by atoms with Crippen LogP contribution in [0.1, 0.15) is 39.0 Å². The summed E-state index contributed by atoms with van der Waals surface area (Å²) in [6, 6.07) is 7.89. The van der Waals surface area contributed by atoms with E-state index < -0.39 is 0 Å². The van der Waals surface area contributed by atoms with Crippen molar-refractivity contribution in [3.63, 3.8) is 0 Å². The molecule has 1 aliphatic rings. The molecule has 0 radical (unpaired) electrons. The second kappa shape index (κ2) is 8.41. The lowest BCUT2D eigenvalue weighted by molar-refractivity contribution is -0.143. The standard InChI is InChI=1S/C17H24N2O3/c1-2-22-17(21)7-5-12-18-14-8-10-15(11-9-14)19-13-4-3-6-16(19)20/h8-11,18H,2-7,12-13H2,1H3. The number of benzene rings is 1. The number of hydrogen-bond acceptors (Lipinski definition) is 4. The first kappa shape index (κ1) is 16.3. The highest BCUT2D eigenvalue weighted by Crippen LogP contribution is 2.22. The van der Waals surface area contributed by atoms with Crippen molar-refractivity contribution in [1.29, 1.82) is 0 Å². The maximum absolute atomic E-state index is 11.9. The lowest BCUT2D eigenvalue weighted by atomic mass is 10.1. The molecule has 1 heterocycles. The Labute approximate surface area is 131 Å². The molecule has 1 saturated heterocycles. The van der Waals surface area contributed by atoms with Gasteiger partial charge >= 0.3 is 5.97 Å². The van der Waals surface area contributed by atoms with Gasteiger partial charge in [0.2, 0.25) is 5.91 Å². The zero-order chi connectivity index (χ0) is 15.8. The highest BCUT2D eigenvalue weighted by Gasteiger charge is 2.19. The molecule has 1 amide bonds. The molecule has 120 valence electrons. The molecule has 0 unspecified atom stereocenters. The van der Waals surface area contributed by atoms with Gasteiger partial charge in [0.25, 0.3) is 0 Å². The first-order valence-corrected chi connectivity index (χ1v) is 8.00. The van der Waals surface area contributed by atoms with Gasteiger partial charge in [-0.3, -0.25) is 9.59 Å². The van der Waals surface area contributed by atoms with Crippen molar-refractivity contribution in [3.05, 3.63) is 24.3 Å². The number of carbonyl (C=O) groups excluding carboxylic acids is 2. The fourth-order valence-electron chi connectivity index (χ4n) is 2.54. The Morgan fingerprint density at radius 2 is 2.05 bits per heavy atom. The van der Waals surface area contributed by atoms with Gasteiger partial charge in [-0.15, -0.1) is 0 Å². The van der Waals surface area contributed by atoms with Crippen molar-refractivity contribution >= 4 is 23.3 Å². The fraction of sp³-hybridized carbons (Fsp3) is 0.529. The number of ether oxygens (including phenoxy) is 1. The van der Waals surface area contributed by atoms with Gasteiger partial charge in [-0.2, -0.15) is 0 Å². The first-order valence-electron chi connectivity index (χ1n) is 8.00. The van der Waals surface area contributed by atoms with Gasteiger partial charge in [-0.05, 0) is 50.5 Å². The second-order valence-corrected chi connectivity index (χ2v) is 5.38. The summed E-state index contributed by atoms with van der Waals surface area (Å²) in [6.07, 6.45) is 3.88. The van der Waals surface area contributed by atoms with Crippen LogP contribution in [0.4, 0.5) is 11.4 Å². The fourth-order valence-corrected chi connectivity index (χ4v) is 2.54. The van der Waals surface area contributed by atoms with Crippen LogP contribution in [0, 0.1) is 0 Å². The Kier molecular flexibility index (Phi) is 6.25. The summed E-state index contributed by atoms with van der Waals surface area (Å²) >= 11 is 0. The number of hydrogen-bond donors (Lipinski definition) is 1. The summed E-state index contributed by atoms with van der Waals surface area (Å²) < 4.78 is 4.88. The molecule has 2 rings (SSSR count). The summed E-state index contributed by atoms with van der Waals surface area (Å²) in [5.74, 6) is 0.0599. The van der Waals surface area contributed by atoms with Crippen molar-refractivity contribution in [2.24, 2.45) is 0 Å². The van der Waals surface area contributed by atoms with Gasteiger partial charge in [0.05, 0.1) is 6.61 Å². The SMILES string of the molecule is CCOC(=O)CCCNc1ccc(N2CCCCC2=O)cc1. The molecule has 1 aromatic carbocycles. The molecule has 0 aromatic heterocycles. The van der Waals surface area contributed by atoms with Crippen LogP contribution in [0.5, 0.6) is 0 Å². The number of piperidine rings is 1. The van der Waals surface area contributed by atoms with Crippen LogP contribution in [0.15, 0.2) is 24.3 Å². The minimum Gasteiger partial charge on any atom is -0.466 e. The smallest absolute Gasteiger partial charge is 0.305 e. The molecule has 1 aliphatic heterocycles. The second-order valence-electron chi connectivity index (χ2n) is 5.38. The number of anilines is 2. The Hall–Kier alpha value is -2.04. The lowest BCUT2D eigenvalue weighted by Gasteiger charge is -2.26. The van der Waals surface area contributed by atoms with Crippen LogP contribution in [0.2, 0.25) is 0 Å². The van der Waals surface area contributed by atoms with Crippen molar-refractivity contribution in [2.45, 2.75) is 39.0 Å². The van der Waals surface area contributed by atoms with Crippen molar-refractivity contribution in [2.75, 3.05) is 29.9 Å². The molecule has 1 fully saturated rings. The average Bonchev–Trinajstić information content (AvgIpc) is 2.53. The van der Waals surface area contributed by atoms with Crippen LogP contribution < -0.4 is 10.2 Å². The van der Waals surface area contributed by atoms with Crippen LogP contribution in [0.3, 0.4) is 0 Å². The maximum atomic E-state index is 11.9. The number of amides is 1. The topological polar surface area (TPSA) is 58.6 Å². The van der Waals surface area contributed by atoms with E-state index in [2.05, 4.69) is 5.32 Å². The number of esters is 1. The highest BCUT2D eigenvalue weighted by atomic mass is 16.5. The molecular formula is C17H24N2O3. The van der Waals surface area contributed by atoms with Gasteiger partial charge in [0.15, 0.2) is 0 Å². The zero-order valence-electron chi connectivity index (χ0n) is 13.1. The molecule has 1 aromatic rings. The predicted molar refractivity (Wildman–Crippen MR) is 87.0 cm³/mol. The summed E-state index contributed by atoms with van der Waals surface area (Å²) in [7, 11) is 0. The highest BCUT2D eigenvalue weighted by molar-refractivity contribution is 5.94. The van der Waals surface area contributed by atoms with Gasteiger partial charge in [0, 0.05) is 37.3 Å². The van der Waals surface area contributed by atoms with E-state index >= 15 is 0 Å². The van der Waals surface area contributed by atoms with E-state index in [9.17, 15) is 9.59 Å². The number of carbonyl (C=O) groups is 2. The summed E-state index contributed by atoms with van der Waals surface area (Å²) in [4.78, 5) is 24.9. The van der Waals surface area contributed by atoms with Crippen LogP contribution >= 0.6 is 0 Å². The number of rotatable bonds is 7. The Morgan fingerprint density at radius 3 is 2.73 bits per heavy atom. The van der Waals surface area contributed by atoms with E-state index in [-0.39, 0.29) is 11.9 Å². The third-order valence-electron chi connectivity index (χ3n) is 3.69. The zero-order valence-corrected chi connectivity index (χ0v) is 13.1. The van der Waals surface area contributed by atoms with Crippen molar-refractivity contribution in [3.8, 4) is 0 Å². The monoisotopic (exact) mass is 304 g/mol. The quantitative estimate of drug-likeness (QED) is 0.621. The third-order valence-corrected chi connectivity index (χ3v) is 3.69. The Morgan fingerprint density at radius 1 is 1.27 bits per heavy atom. The molecule has 0 bridgehead atoms. The van der Waals surface area contributed by atoms with Gasteiger partial charge in [-0.25, -0.2) is 0 Å². The van der Waals surface area contributed by atoms with E-state index in [4.69, 9.17) is 4.74 Å². The van der Waals surface area contributed by atoms with Gasteiger partial charge in [0.1, 0.15) is 0 Å². The van der Waals surface area contributed by atoms with Crippen LogP contribution in [-0.2, 0) is 14.3 Å². The number of nitrogens with one attached hydrogen (secondary N) is 1. The summed E-state index contributed by atoms with van der Waals surface area (Å²) in [5.41, 5.74) is 1.96.